The number of allylic oxidation sites excluding steroid dienone is 1. The zero-order valence-electron chi connectivity index (χ0n) is 21.4. The molecule has 0 saturated heterocycles. The van der Waals surface area contributed by atoms with E-state index in [9.17, 15) is 8.42 Å². The number of nitrogens with one attached hydrogen (secondary N) is 2. The standard InChI is InChI=1S/C25H29BN4O6S/c1-15-10-18(12-17-13-21(33-3)24(35-5)22(14-17)34-4)25(28-27-15)26-19-6-8-20(9-7-19)37(31,32)30-23-11-16(2)36-29-23/h6-11,13-14,23,26,29-30H,12H2,1-5H3. The van der Waals surface area contributed by atoms with Crippen LogP contribution in [-0.4, -0.2) is 53.4 Å². The summed E-state index contributed by atoms with van der Waals surface area (Å²) in [5.74, 6) is 2.29. The quantitative estimate of drug-likeness (QED) is 0.372. The third-order valence-corrected chi connectivity index (χ3v) is 7.29. The Morgan fingerprint density at radius 3 is 2.24 bits per heavy atom. The Balaban J connectivity index is 1.55. The van der Waals surface area contributed by atoms with Crippen LogP contribution in [0.15, 0.2) is 59.2 Å². The number of methoxy groups -OCH3 is 3. The van der Waals surface area contributed by atoms with Crippen molar-refractivity contribution in [2.75, 3.05) is 21.3 Å². The van der Waals surface area contributed by atoms with Crippen LogP contribution in [0.5, 0.6) is 17.2 Å². The maximum absolute atomic E-state index is 12.7. The maximum atomic E-state index is 12.7. The van der Waals surface area contributed by atoms with E-state index in [1.165, 1.54) is 0 Å². The van der Waals surface area contributed by atoms with Crippen LogP contribution in [-0.2, 0) is 21.3 Å². The Labute approximate surface area is 217 Å². The smallest absolute Gasteiger partial charge is 0.242 e. The fourth-order valence-electron chi connectivity index (χ4n) is 4.06. The minimum atomic E-state index is -3.73. The molecule has 1 aromatic heterocycles. The summed E-state index contributed by atoms with van der Waals surface area (Å²) in [5, 5.41) is 8.68. The average molecular weight is 524 g/mol. The van der Waals surface area contributed by atoms with Crippen LogP contribution in [0.1, 0.15) is 23.7 Å². The number of sulfonamides is 1. The number of rotatable bonds is 10. The molecule has 0 fully saturated rings. The Hall–Kier alpha value is -3.61. The third kappa shape index (κ3) is 6.21. The van der Waals surface area contributed by atoms with E-state index in [1.807, 2.05) is 25.1 Å². The normalized spacial score (nSPS) is 15.1. The van der Waals surface area contributed by atoms with Gasteiger partial charge in [0.2, 0.25) is 23.1 Å². The predicted octanol–water partition coefficient (Wildman–Crippen LogP) is 0.832. The molecule has 12 heteroatoms. The molecule has 0 bridgehead atoms. The largest absolute Gasteiger partial charge is 0.493 e. The molecule has 1 atom stereocenters. The molecule has 10 nitrogen and oxygen atoms in total. The summed E-state index contributed by atoms with van der Waals surface area (Å²) in [4.78, 5) is 5.24. The molecule has 194 valence electrons. The lowest BCUT2D eigenvalue weighted by molar-refractivity contribution is 0.115. The van der Waals surface area contributed by atoms with Crippen molar-refractivity contribution in [3.63, 3.8) is 0 Å². The highest BCUT2D eigenvalue weighted by Gasteiger charge is 2.23. The molecular weight excluding hydrogens is 495 g/mol. The van der Waals surface area contributed by atoms with E-state index in [4.69, 9.17) is 19.0 Å². The number of benzene rings is 2. The molecule has 2 N–H and O–H groups in total. The third-order valence-electron chi connectivity index (χ3n) is 5.84. The number of hydrogen-bond donors (Lipinski definition) is 2. The second-order valence-corrected chi connectivity index (χ2v) is 10.3. The molecule has 0 spiro atoms. The van der Waals surface area contributed by atoms with E-state index in [0.717, 1.165) is 27.9 Å². The van der Waals surface area contributed by atoms with Crippen LogP contribution in [0.25, 0.3) is 0 Å². The summed E-state index contributed by atoms with van der Waals surface area (Å²) in [6.45, 7) is 3.63. The molecule has 1 aliphatic heterocycles. The Morgan fingerprint density at radius 1 is 1.00 bits per heavy atom. The van der Waals surface area contributed by atoms with E-state index >= 15 is 0 Å². The van der Waals surface area contributed by atoms with Crippen molar-refractivity contribution >= 4 is 28.4 Å². The average Bonchev–Trinajstić information content (AvgIpc) is 3.28. The van der Waals surface area contributed by atoms with Gasteiger partial charge in [0.1, 0.15) is 11.9 Å². The van der Waals surface area contributed by atoms with Crippen molar-refractivity contribution in [1.82, 2.24) is 20.4 Å². The van der Waals surface area contributed by atoms with E-state index in [-0.39, 0.29) is 4.90 Å². The highest BCUT2D eigenvalue weighted by molar-refractivity contribution is 7.89. The molecule has 0 radical (unpaired) electrons. The second kappa shape index (κ2) is 11.2. The summed E-state index contributed by atoms with van der Waals surface area (Å²) in [5.41, 5.74) is 7.06. The number of nitrogens with zero attached hydrogens (tertiary/aromatic N) is 2. The molecule has 0 aliphatic carbocycles. The summed E-state index contributed by atoms with van der Waals surface area (Å²) in [6.07, 6.45) is 1.60. The van der Waals surface area contributed by atoms with Gasteiger partial charge >= 0.3 is 0 Å². The van der Waals surface area contributed by atoms with E-state index < -0.39 is 16.2 Å². The van der Waals surface area contributed by atoms with Crippen molar-refractivity contribution in [3.8, 4) is 17.2 Å². The highest BCUT2D eigenvalue weighted by atomic mass is 32.2. The first-order chi connectivity index (χ1) is 17.7. The number of aryl methyl sites for hydroxylation is 1. The van der Waals surface area contributed by atoms with Gasteiger partial charge in [-0.3, -0.25) is 0 Å². The van der Waals surface area contributed by atoms with Crippen molar-refractivity contribution in [3.05, 3.63) is 71.1 Å². The van der Waals surface area contributed by atoms with Crippen molar-refractivity contribution in [2.45, 2.75) is 31.3 Å². The molecule has 2 aromatic carbocycles. The Kier molecular flexibility index (Phi) is 8.01. The fraction of sp³-hybridized carbons (Fsp3) is 0.280. The lowest BCUT2D eigenvalue weighted by Crippen LogP contribution is -2.40. The van der Waals surface area contributed by atoms with E-state index in [0.29, 0.717) is 36.7 Å². The Bertz CT molecular complexity index is 1390. The van der Waals surface area contributed by atoms with Gasteiger partial charge in [-0.1, -0.05) is 17.6 Å². The molecule has 0 amide bonds. The van der Waals surface area contributed by atoms with Gasteiger partial charge in [-0.05, 0) is 67.8 Å². The highest BCUT2D eigenvalue weighted by Crippen LogP contribution is 2.38. The van der Waals surface area contributed by atoms with Gasteiger partial charge in [0.15, 0.2) is 11.5 Å². The van der Waals surface area contributed by atoms with Crippen molar-refractivity contribution in [1.29, 1.82) is 0 Å². The first kappa shape index (κ1) is 26.5. The van der Waals surface area contributed by atoms with Crippen LogP contribution in [0.3, 0.4) is 0 Å². The number of ether oxygens (including phenoxy) is 3. The first-order valence-corrected chi connectivity index (χ1v) is 13.0. The molecule has 1 unspecified atom stereocenters. The van der Waals surface area contributed by atoms with E-state index in [2.05, 4.69) is 20.4 Å². The minimum Gasteiger partial charge on any atom is -0.493 e. The van der Waals surface area contributed by atoms with E-state index in [1.54, 1.807) is 58.6 Å². The zero-order valence-corrected chi connectivity index (χ0v) is 22.2. The molecule has 0 saturated carbocycles. The minimum absolute atomic E-state index is 0.156. The summed E-state index contributed by atoms with van der Waals surface area (Å²) >= 11 is 0. The zero-order chi connectivity index (χ0) is 26.6. The Morgan fingerprint density at radius 2 is 1.68 bits per heavy atom. The van der Waals surface area contributed by atoms with Crippen LogP contribution in [0, 0.1) is 6.92 Å². The van der Waals surface area contributed by atoms with Gasteiger partial charge < -0.3 is 19.0 Å². The SMILES string of the molecule is COc1cc(Cc2cc(C)nnc2Bc2ccc(S(=O)(=O)NC3C=C(C)ON3)cc2)cc(OC)c1OC. The molecule has 4 rings (SSSR count). The summed E-state index contributed by atoms with van der Waals surface area (Å²) in [7, 11) is 1.49. The van der Waals surface area contributed by atoms with Crippen molar-refractivity contribution in [2.24, 2.45) is 0 Å². The number of hydroxylamine groups is 1. The predicted molar refractivity (Wildman–Crippen MR) is 141 cm³/mol. The van der Waals surface area contributed by atoms with Gasteiger partial charge in [-0.15, -0.1) is 5.48 Å². The van der Waals surface area contributed by atoms with Crippen molar-refractivity contribution < 1.29 is 27.5 Å². The lowest BCUT2D eigenvalue weighted by Gasteiger charge is -2.15. The van der Waals surface area contributed by atoms with Crippen LogP contribution < -0.4 is 35.5 Å². The monoisotopic (exact) mass is 524 g/mol. The summed E-state index contributed by atoms with van der Waals surface area (Å²) in [6, 6.07) is 12.5. The van der Waals surface area contributed by atoms with Gasteiger partial charge in [0.05, 0.1) is 31.9 Å². The summed E-state index contributed by atoms with van der Waals surface area (Å²) < 4.78 is 44.4. The van der Waals surface area contributed by atoms with Crippen LogP contribution in [0.4, 0.5) is 0 Å². The van der Waals surface area contributed by atoms with Gasteiger partial charge in [-0.2, -0.15) is 14.9 Å². The van der Waals surface area contributed by atoms with Gasteiger partial charge in [0.25, 0.3) is 0 Å². The lowest BCUT2D eigenvalue weighted by atomic mass is 9.65. The molecule has 2 heterocycles. The second-order valence-electron chi connectivity index (χ2n) is 8.58. The molecular formula is C25H29BN4O6S. The molecule has 3 aromatic rings. The topological polar surface area (TPSA) is 121 Å². The van der Waals surface area contributed by atoms with Gasteiger partial charge in [0, 0.05) is 5.59 Å². The van der Waals surface area contributed by atoms with Crippen LogP contribution in [0.2, 0.25) is 0 Å². The van der Waals surface area contributed by atoms with Crippen LogP contribution >= 0.6 is 0 Å². The maximum Gasteiger partial charge on any atom is 0.242 e. The number of hydrogen-bond acceptors (Lipinski definition) is 9. The molecule has 37 heavy (non-hydrogen) atoms. The first-order valence-electron chi connectivity index (χ1n) is 11.6. The molecule has 1 aliphatic rings. The number of aromatic nitrogens is 2. The van der Waals surface area contributed by atoms with Gasteiger partial charge in [-0.25, -0.2) is 8.42 Å². The fourth-order valence-corrected chi connectivity index (χ4v) is 5.14.